The van der Waals surface area contributed by atoms with Gasteiger partial charge in [-0.3, -0.25) is 0 Å². The first-order valence-corrected chi connectivity index (χ1v) is 5.97. The van der Waals surface area contributed by atoms with Gasteiger partial charge in [0.25, 0.3) is 6.02 Å². The molecule has 0 fully saturated rings. The summed E-state index contributed by atoms with van der Waals surface area (Å²) in [6, 6.07) is 0.531. The van der Waals surface area contributed by atoms with Crippen LogP contribution in [0.5, 0.6) is 0 Å². The van der Waals surface area contributed by atoms with Crippen molar-refractivity contribution in [2.75, 3.05) is 48.8 Å². The van der Waals surface area contributed by atoms with Crippen molar-refractivity contribution in [1.82, 2.24) is 20.0 Å². The molecule has 0 radical (unpaired) electrons. The molecule has 7 nitrogen and oxygen atoms in total. The lowest BCUT2D eigenvalue weighted by atomic mass is 10.5. The number of guanidine groups is 1. The molecule has 0 aromatic carbocycles. The van der Waals surface area contributed by atoms with Gasteiger partial charge < -0.3 is 14.5 Å². The zero-order valence-electron chi connectivity index (χ0n) is 12.4. The van der Waals surface area contributed by atoms with E-state index in [0.717, 1.165) is 6.54 Å². The van der Waals surface area contributed by atoms with Crippen LogP contribution in [0.4, 0.5) is 0 Å². The Morgan fingerprint density at radius 3 is 2.11 bits per heavy atom. The van der Waals surface area contributed by atoms with Crippen LogP contribution >= 0.6 is 0 Å². The molecule has 1 aliphatic rings. The zero-order valence-corrected chi connectivity index (χ0v) is 12.4. The smallest absolute Gasteiger partial charge is 0.329 e. The number of hydrogen-bond acceptors (Lipinski definition) is 7. The van der Waals surface area contributed by atoms with E-state index >= 15 is 0 Å². The van der Waals surface area contributed by atoms with E-state index in [1.807, 2.05) is 63.9 Å². The van der Waals surface area contributed by atoms with Crippen LogP contribution in [0.15, 0.2) is 9.98 Å². The summed E-state index contributed by atoms with van der Waals surface area (Å²) < 4.78 is 5.89. The van der Waals surface area contributed by atoms with Crippen LogP contribution in [0.1, 0.15) is 6.92 Å². The summed E-state index contributed by atoms with van der Waals surface area (Å²) in [5.41, 5.74) is 0. The summed E-state index contributed by atoms with van der Waals surface area (Å²) in [7, 11) is 11.4. The van der Waals surface area contributed by atoms with Gasteiger partial charge in [-0.15, -0.1) is 0 Å². The third-order valence-corrected chi connectivity index (χ3v) is 2.48. The van der Waals surface area contributed by atoms with Crippen molar-refractivity contribution in [3.05, 3.63) is 0 Å². The Kier molecular flexibility index (Phi) is 4.53. The van der Waals surface area contributed by atoms with E-state index in [2.05, 4.69) is 15.3 Å². The predicted octanol–water partition coefficient (Wildman–Crippen LogP) is -0.366. The molecule has 0 aromatic heterocycles. The van der Waals surface area contributed by atoms with E-state index in [9.17, 15) is 0 Å². The normalized spacial score (nSPS) is 23.3. The molecule has 18 heavy (non-hydrogen) atoms. The molecule has 1 atom stereocenters. The maximum atomic E-state index is 5.89. The SMILES string of the molecule is CCNC1(N(C)C)N=C(N(C)C)N=C(N(C)C)O1. The van der Waals surface area contributed by atoms with Gasteiger partial charge in [0.2, 0.25) is 5.96 Å². The number of aliphatic imine (C=N–C) groups is 2. The third kappa shape index (κ3) is 2.91. The van der Waals surface area contributed by atoms with Gasteiger partial charge in [0.05, 0.1) is 0 Å². The number of nitrogens with zero attached hydrogens (tertiary/aromatic N) is 5. The Bertz CT molecular complexity index is 349. The van der Waals surface area contributed by atoms with E-state index in [-0.39, 0.29) is 0 Å². The maximum Gasteiger partial charge on any atom is 0.329 e. The summed E-state index contributed by atoms with van der Waals surface area (Å²) >= 11 is 0. The van der Waals surface area contributed by atoms with Gasteiger partial charge in [-0.2, -0.15) is 9.98 Å². The molecule has 1 N–H and O–H groups in total. The minimum absolute atomic E-state index is 0.531. The summed E-state index contributed by atoms with van der Waals surface area (Å²) in [6.45, 7) is 2.75. The van der Waals surface area contributed by atoms with Crippen LogP contribution in [-0.4, -0.2) is 81.5 Å². The molecule has 0 spiro atoms. The van der Waals surface area contributed by atoms with E-state index < -0.39 is 5.97 Å². The summed E-state index contributed by atoms with van der Waals surface area (Å²) in [6.07, 6.45) is 0. The van der Waals surface area contributed by atoms with E-state index in [1.54, 1.807) is 0 Å². The van der Waals surface area contributed by atoms with Crippen molar-refractivity contribution in [3.8, 4) is 0 Å². The quantitative estimate of drug-likeness (QED) is 0.699. The van der Waals surface area contributed by atoms with Crippen molar-refractivity contribution >= 4 is 12.0 Å². The lowest BCUT2D eigenvalue weighted by molar-refractivity contribution is -0.0997. The maximum absolute atomic E-state index is 5.89. The van der Waals surface area contributed by atoms with Crippen LogP contribution in [0.3, 0.4) is 0 Å². The molecule has 0 bridgehead atoms. The molecule has 1 rings (SSSR count). The topological polar surface area (TPSA) is 55.7 Å². The molecule has 1 aliphatic heterocycles. The van der Waals surface area contributed by atoms with Crippen LogP contribution in [0, 0.1) is 0 Å². The largest absolute Gasteiger partial charge is 0.408 e. The summed E-state index contributed by atoms with van der Waals surface area (Å²) in [4.78, 5) is 14.5. The fourth-order valence-corrected chi connectivity index (χ4v) is 1.47. The van der Waals surface area contributed by atoms with Gasteiger partial charge in [0.15, 0.2) is 0 Å². The molecule has 0 aliphatic carbocycles. The number of amidine groups is 1. The molecule has 104 valence electrons. The molecule has 0 saturated carbocycles. The van der Waals surface area contributed by atoms with E-state index in [0.29, 0.717) is 12.0 Å². The molecule has 1 heterocycles. The molecule has 1 unspecified atom stereocenters. The average molecular weight is 256 g/mol. The van der Waals surface area contributed by atoms with Crippen molar-refractivity contribution in [3.63, 3.8) is 0 Å². The molecular weight excluding hydrogens is 232 g/mol. The second-order valence-electron chi connectivity index (χ2n) is 4.73. The lowest BCUT2D eigenvalue weighted by Gasteiger charge is -2.40. The third-order valence-electron chi connectivity index (χ3n) is 2.48. The van der Waals surface area contributed by atoms with Gasteiger partial charge in [0.1, 0.15) is 0 Å². The Morgan fingerprint density at radius 1 is 1.11 bits per heavy atom. The highest BCUT2D eigenvalue weighted by molar-refractivity contribution is 5.93. The second-order valence-corrected chi connectivity index (χ2v) is 4.73. The summed E-state index contributed by atoms with van der Waals surface area (Å²) in [5, 5.41) is 3.25. The lowest BCUT2D eigenvalue weighted by Crippen LogP contribution is -2.61. The predicted molar refractivity (Wildman–Crippen MR) is 73.4 cm³/mol. The van der Waals surface area contributed by atoms with Crippen LogP contribution in [-0.2, 0) is 4.74 Å². The first-order valence-electron chi connectivity index (χ1n) is 5.97. The summed E-state index contributed by atoms with van der Waals surface area (Å²) in [5.74, 6) is -0.282. The number of rotatable bonds is 3. The van der Waals surface area contributed by atoms with Gasteiger partial charge in [0, 0.05) is 28.2 Å². The Hall–Kier alpha value is -1.34. The first kappa shape index (κ1) is 14.7. The first-order chi connectivity index (χ1) is 8.32. The highest BCUT2D eigenvalue weighted by Crippen LogP contribution is 2.19. The van der Waals surface area contributed by atoms with Crippen LogP contribution < -0.4 is 5.32 Å². The fraction of sp³-hybridized carbons (Fsp3) is 0.818. The van der Waals surface area contributed by atoms with Crippen LogP contribution in [0.2, 0.25) is 0 Å². The highest BCUT2D eigenvalue weighted by atomic mass is 16.6. The fourth-order valence-electron chi connectivity index (χ4n) is 1.47. The van der Waals surface area contributed by atoms with Crippen LogP contribution in [0.25, 0.3) is 0 Å². The molecule has 0 saturated heterocycles. The minimum Gasteiger partial charge on any atom is -0.408 e. The zero-order chi connectivity index (χ0) is 13.9. The minimum atomic E-state index is -0.907. The van der Waals surface area contributed by atoms with E-state index in [1.165, 1.54) is 0 Å². The van der Waals surface area contributed by atoms with Gasteiger partial charge in [-0.05, 0) is 20.6 Å². The van der Waals surface area contributed by atoms with E-state index in [4.69, 9.17) is 4.74 Å². The number of hydrogen-bond donors (Lipinski definition) is 1. The number of nitrogens with one attached hydrogen (secondary N) is 1. The Morgan fingerprint density at radius 2 is 1.72 bits per heavy atom. The molecule has 0 aromatic rings. The van der Waals surface area contributed by atoms with Crippen molar-refractivity contribution < 1.29 is 4.74 Å². The van der Waals surface area contributed by atoms with Crippen molar-refractivity contribution in [2.24, 2.45) is 9.98 Å². The number of ether oxygens (including phenoxy) is 1. The van der Waals surface area contributed by atoms with Crippen molar-refractivity contribution in [1.29, 1.82) is 0 Å². The molecular formula is C11H24N6O. The Balaban J connectivity index is 3.18. The average Bonchev–Trinajstić information content (AvgIpc) is 2.28. The second kappa shape index (κ2) is 5.53. The molecule has 0 amide bonds. The Labute approximate surface area is 109 Å². The standard InChI is InChI=1S/C11H24N6O/c1-8-12-11(17(6)7)14-9(15(2)3)13-10(18-11)16(4)5/h12H,8H2,1-7H3. The van der Waals surface area contributed by atoms with Gasteiger partial charge in [-0.1, -0.05) is 6.92 Å². The molecule has 7 heteroatoms. The highest BCUT2D eigenvalue weighted by Gasteiger charge is 2.39. The van der Waals surface area contributed by atoms with Gasteiger partial charge >= 0.3 is 5.97 Å². The monoisotopic (exact) mass is 256 g/mol. The van der Waals surface area contributed by atoms with Crippen molar-refractivity contribution in [2.45, 2.75) is 12.9 Å². The van der Waals surface area contributed by atoms with Gasteiger partial charge in [-0.25, -0.2) is 10.2 Å².